The monoisotopic (exact) mass is 424 g/mol. The number of hydrogen-bond acceptors (Lipinski definition) is 3. The van der Waals surface area contributed by atoms with Crippen LogP contribution in [-0.4, -0.2) is 42.3 Å². The lowest BCUT2D eigenvalue weighted by molar-refractivity contribution is 0.0811. The topological polar surface area (TPSA) is 49.4 Å². The van der Waals surface area contributed by atoms with Gasteiger partial charge in [-0.2, -0.15) is 0 Å². The van der Waals surface area contributed by atoms with Crippen molar-refractivity contribution in [3.8, 4) is 0 Å². The molecule has 0 bridgehead atoms. The first-order valence-corrected chi connectivity index (χ1v) is 11.1. The minimum atomic E-state index is -0.325. The number of piperidine rings is 1. The van der Waals surface area contributed by atoms with Crippen LogP contribution >= 0.6 is 0 Å². The number of aryl methyl sites for hydroxylation is 2. The largest absolute Gasteiger partial charge is 0.348 e. The van der Waals surface area contributed by atoms with Crippen molar-refractivity contribution in [2.24, 2.45) is 11.8 Å². The number of likely N-dealkylation sites (tertiary alicyclic amines) is 1. The molecule has 5 heteroatoms. The number of nitrogens with one attached hydrogen (secondary N) is 1. The summed E-state index contributed by atoms with van der Waals surface area (Å²) in [6, 6.07) is 11.7. The molecule has 1 fully saturated rings. The van der Waals surface area contributed by atoms with Crippen LogP contribution in [0.1, 0.15) is 58.5 Å². The molecule has 0 spiro atoms. The van der Waals surface area contributed by atoms with E-state index >= 15 is 0 Å². The summed E-state index contributed by atoms with van der Waals surface area (Å²) in [4.78, 5) is 27.8. The van der Waals surface area contributed by atoms with Gasteiger partial charge in [-0.1, -0.05) is 19.9 Å². The summed E-state index contributed by atoms with van der Waals surface area (Å²) in [7, 11) is 0. The van der Waals surface area contributed by atoms with Crippen molar-refractivity contribution in [2.75, 3.05) is 19.6 Å². The van der Waals surface area contributed by atoms with Gasteiger partial charge in [0.1, 0.15) is 5.82 Å². The number of halogens is 1. The first-order chi connectivity index (χ1) is 14.7. The number of amides is 1. The van der Waals surface area contributed by atoms with Crippen molar-refractivity contribution in [3.63, 3.8) is 0 Å². The Morgan fingerprint density at radius 2 is 1.61 bits per heavy atom. The highest BCUT2D eigenvalue weighted by atomic mass is 19.1. The van der Waals surface area contributed by atoms with Crippen LogP contribution in [0.5, 0.6) is 0 Å². The lowest BCUT2D eigenvalue weighted by atomic mass is 9.88. The number of rotatable bonds is 7. The summed E-state index contributed by atoms with van der Waals surface area (Å²) in [6.45, 7) is 10.7. The van der Waals surface area contributed by atoms with Crippen LogP contribution in [0.3, 0.4) is 0 Å². The van der Waals surface area contributed by atoms with Gasteiger partial charge in [0.05, 0.1) is 0 Å². The van der Waals surface area contributed by atoms with Gasteiger partial charge in [-0.15, -0.1) is 0 Å². The molecule has 0 aromatic heterocycles. The highest BCUT2D eigenvalue weighted by Crippen LogP contribution is 2.23. The van der Waals surface area contributed by atoms with Gasteiger partial charge in [-0.05, 0) is 93.2 Å². The van der Waals surface area contributed by atoms with E-state index in [1.54, 1.807) is 12.1 Å². The fourth-order valence-corrected chi connectivity index (χ4v) is 4.06. The van der Waals surface area contributed by atoms with E-state index in [0.717, 1.165) is 38.0 Å². The number of carbonyl (C=O) groups is 2. The van der Waals surface area contributed by atoms with Crippen molar-refractivity contribution in [1.82, 2.24) is 10.2 Å². The lowest BCUT2D eigenvalue weighted by Crippen LogP contribution is -2.49. The maximum atomic E-state index is 13.1. The molecule has 0 saturated carbocycles. The van der Waals surface area contributed by atoms with E-state index in [9.17, 15) is 14.0 Å². The van der Waals surface area contributed by atoms with Crippen molar-refractivity contribution in [3.05, 3.63) is 70.5 Å². The zero-order valence-electron chi connectivity index (χ0n) is 19.0. The van der Waals surface area contributed by atoms with Crippen LogP contribution in [-0.2, 0) is 0 Å². The second-order valence-electron chi connectivity index (χ2n) is 9.07. The SMILES string of the molecule is Cc1ccc(C(=O)NC(CN2CCC(C(=O)c3ccc(F)cc3)CC2)C(C)C)cc1C. The molecule has 1 N–H and O–H groups in total. The second-order valence-corrected chi connectivity index (χ2v) is 9.07. The van der Waals surface area contributed by atoms with E-state index in [-0.39, 0.29) is 29.5 Å². The zero-order valence-corrected chi connectivity index (χ0v) is 19.0. The molecule has 2 aromatic carbocycles. The lowest BCUT2D eigenvalue weighted by Gasteiger charge is -2.35. The molecule has 0 aliphatic carbocycles. The molecule has 1 aliphatic heterocycles. The number of benzene rings is 2. The van der Waals surface area contributed by atoms with Crippen LogP contribution in [0.25, 0.3) is 0 Å². The van der Waals surface area contributed by atoms with Crippen LogP contribution in [0, 0.1) is 31.5 Å². The highest BCUT2D eigenvalue weighted by Gasteiger charge is 2.28. The Kier molecular flexibility index (Phi) is 7.60. The Bertz CT molecular complexity index is 916. The Morgan fingerprint density at radius 1 is 1.00 bits per heavy atom. The molecule has 1 heterocycles. The predicted octanol–water partition coefficient (Wildman–Crippen LogP) is 4.79. The van der Waals surface area contributed by atoms with Crippen molar-refractivity contribution in [2.45, 2.75) is 46.6 Å². The molecule has 3 rings (SSSR count). The Balaban J connectivity index is 1.55. The van der Waals surface area contributed by atoms with Crippen molar-refractivity contribution >= 4 is 11.7 Å². The number of nitrogens with zero attached hydrogens (tertiary/aromatic N) is 1. The van der Waals surface area contributed by atoms with Gasteiger partial charge >= 0.3 is 0 Å². The first kappa shape index (κ1) is 23.1. The minimum absolute atomic E-state index is 0.0238. The molecule has 0 radical (unpaired) electrons. The van der Waals surface area contributed by atoms with E-state index < -0.39 is 0 Å². The molecule has 166 valence electrons. The Morgan fingerprint density at radius 3 is 2.19 bits per heavy atom. The predicted molar refractivity (Wildman–Crippen MR) is 122 cm³/mol. The van der Waals surface area contributed by atoms with Gasteiger partial charge in [-0.3, -0.25) is 9.59 Å². The van der Waals surface area contributed by atoms with Crippen LogP contribution in [0.4, 0.5) is 4.39 Å². The fourth-order valence-electron chi connectivity index (χ4n) is 4.06. The summed E-state index contributed by atoms with van der Waals surface area (Å²) >= 11 is 0. The van der Waals surface area contributed by atoms with Gasteiger partial charge in [0.15, 0.2) is 5.78 Å². The van der Waals surface area contributed by atoms with Crippen LogP contribution in [0.15, 0.2) is 42.5 Å². The Hall–Kier alpha value is -2.53. The third-order valence-electron chi connectivity index (χ3n) is 6.43. The molecule has 2 aromatic rings. The molecule has 31 heavy (non-hydrogen) atoms. The molecule has 1 amide bonds. The number of ketones is 1. The molecular formula is C26H33FN2O2. The molecule has 1 aliphatic rings. The second kappa shape index (κ2) is 10.2. The molecular weight excluding hydrogens is 391 g/mol. The van der Waals surface area contributed by atoms with E-state index in [4.69, 9.17) is 0 Å². The van der Waals surface area contributed by atoms with Gasteiger partial charge in [0, 0.05) is 29.6 Å². The van der Waals surface area contributed by atoms with Crippen molar-refractivity contribution in [1.29, 1.82) is 0 Å². The van der Waals surface area contributed by atoms with Gasteiger partial charge in [0.25, 0.3) is 5.91 Å². The summed E-state index contributed by atoms with van der Waals surface area (Å²) < 4.78 is 13.1. The quantitative estimate of drug-likeness (QED) is 0.650. The van der Waals surface area contributed by atoms with E-state index in [1.165, 1.54) is 17.7 Å². The summed E-state index contributed by atoms with van der Waals surface area (Å²) in [5, 5.41) is 3.21. The molecule has 4 nitrogen and oxygen atoms in total. The number of hydrogen-bond donors (Lipinski definition) is 1. The minimum Gasteiger partial charge on any atom is -0.348 e. The van der Waals surface area contributed by atoms with E-state index in [0.29, 0.717) is 17.0 Å². The molecule has 1 unspecified atom stereocenters. The average molecular weight is 425 g/mol. The summed E-state index contributed by atoms with van der Waals surface area (Å²) in [5.41, 5.74) is 3.56. The summed E-state index contributed by atoms with van der Waals surface area (Å²) in [5.74, 6) is 0.0126. The Labute approximate surface area is 184 Å². The third-order valence-corrected chi connectivity index (χ3v) is 6.43. The maximum Gasteiger partial charge on any atom is 0.251 e. The first-order valence-electron chi connectivity index (χ1n) is 11.1. The summed E-state index contributed by atoms with van der Waals surface area (Å²) in [6.07, 6.45) is 1.57. The number of Topliss-reactive ketones (excluding diaryl/α,β-unsaturated/α-hetero) is 1. The van der Waals surface area contributed by atoms with Gasteiger partial charge in [0.2, 0.25) is 0 Å². The number of carbonyl (C=O) groups excluding carboxylic acids is 2. The fraction of sp³-hybridized carbons (Fsp3) is 0.462. The smallest absolute Gasteiger partial charge is 0.251 e. The highest BCUT2D eigenvalue weighted by molar-refractivity contribution is 5.98. The van der Waals surface area contributed by atoms with Crippen LogP contribution < -0.4 is 5.32 Å². The normalized spacial score (nSPS) is 16.3. The van der Waals surface area contributed by atoms with Crippen molar-refractivity contribution < 1.29 is 14.0 Å². The molecule has 1 atom stereocenters. The van der Waals surface area contributed by atoms with Crippen LogP contribution in [0.2, 0.25) is 0 Å². The zero-order chi connectivity index (χ0) is 22.5. The molecule has 1 saturated heterocycles. The van der Waals surface area contributed by atoms with E-state index in [2.05, 4.69) is 24.1 Å². The average Bonchev–Trinajstić information content (AvgIpc) is 2.75. The standard InChI is InChI=1S/C26H33FN2O2/c1-17(2)24(28-26(31)22-6-5-18(3)19(4)15-22)16-29-13-11-21(12-14-29)25(30)20-7-9-23(27)10-8-20/h5-10,15,17,21,24H,11-14,16H2,1-4H3,(H,28,31). The van der Waals surface area contributed by atoms with Gasteiger partial charge < -0.3 is 10.2 Å². The van der Waals surface area contributed by atoms with E-state index in [1.807, 2.05) is 32.0 Å². The third kappa shape index (κ3) is 6.01. The van der Waals surface area contributed by atoms with Gasteiger partial charge in [-0.25, -0.2) is 4.39 Å². The maximum absolute atomic E-state index is 13.1.